The van der Waals surface area contributed by atoms with Crippen molar-refractivity contribution in [1.82, 2.24) is 5.32 Å². The summed E-state index contributed by atoms with van der Waals surface area (Å²) in [6, 6.07) is 7.79. The van der Waals surface area contributed by atoms with Crippen LogP contribution in [0.4, 0.5) is 0 Å². The molecular formula is C17H27N. The van der Waals surface area contributed by atoms with E-state index in [2.05, 4.69) is 44.3 Å². The minimum absolute atomic E-state index is 0.633. The molecule has 0 saturated carbocycles. The second-order valence-corrected chi connectivity index (χ2v) is 5.89. The number of piperidine rings is 1. The maximum Gasteiger partial charge on any atom is 0.0108 e. The molecule has 0 amide bonds. The lowest BCUT2D eigenvalue weighted by Crippen LogP contribution is -2.35. The van der Waals surface area contributed by atoms with Crippen LogP contribution in [0.5, 0.6) is 0 Å². The van der Waals surface area contributed by atoms with E-state index in [0.717, 1.165) is 6.42 Å². The Bertz CT molecular complexity index is 375. The van der Waals surface area contributed by atoms with E-state index in [4.69, 9.17) is 0 Å². The Hall–Kier alpha value is -0.820. The van der Waals surface area contributed by atoms with E-state index in [1.165, 1.54) is 43.4 Å². The SMILES string of the molecule is CCc1ccc(C(C)C)cc1CC1CCCCN1. The molecular weight excluding hydrogens is 218 g/mol. The van der Waals surface area contributed by atoms with Crippen LogP contribution in [0.15, 0.2) is 18.2 Å². The second kappa shape index (κ2) is 6.38. The fourth-order valence-corrected chi connectivity index (χ4v) is 2.90. The molecule has 2 rings (SSSR count). The summed E-state index contributed by atoms with van der Waals surface area (Å²) in [5, 5.41) is 3.67. The zero-order valence-corrected chi connectivity index (χ0v) is 12.1. The van der Waals surface area contributed by atoms with Crippen LogP contribution in [0, 0.1) is 0 Å². The minimum atomic E-state index is 0.633. The Balaban J connectivity index is 2.15. The molecule has 0 aromatic heterocycles. The lowest BCUT2D eigenvalue weighted by molar-refractivity contribution is 0.398. The van der Waals surface area contributed by atoms with Gasteiger partial charge in [-0.15, -0.1) is 0 Å². The fourth-order valence-electron chi connectivity index (χ4n) is 2.90. The van der Waals surface area contributed by atoms with Gasteiger partial charge in [-0.2, -0.15) is 0 Å². The van der Waals surface area contributed by atoms with Crippen LogP contribution in [0.25, 0.3) is 0 Å². The molecule has 0 bridgehead atoms. The summed E-state index contributed by atoms with van der Waals surface area (Å²) in [7, 11) is 0. The molecule has 1 aromatic carbocycles. The molecule has 18 heavy (non-hydrogen) atoms. The van der Waals surface area contributed by atoms with E-state index in [1.54, 1.807) is 5.56 Å². The monoisotopic (exact) mass is 245 g/mol. The van der Waals surface area contributed by atoms with Crippen molar-refractivity contribution in [3.8, 4) is 0 Å². The van der Waals surface area contributed by atoms with E-state index in [0.29, 0.717) is 12.0 Å². The largest absolute Gasteiger partial charge is 0.314 e. The first-order valence-corrected chi connectivity index (χ1v) is 7.55. The molecule has 1 aliphatic heterocycles. The Morgan fingerprint density at radius 1 is 1.22 bits per heavy atom. The molecule has 0 spiro atoms. The van der Waals surface area contributed by atoms with Crippen molar-refractivity contribution in [2.45, 2.75) is 64.8 Å². The molecule has 1 aromatic rings. The van der Waals surface area contributed by atoms with Gasteiger partial charge in [0, 0.05) is 6.04 Å². The molecule has 0 aliphatic carbocycles. The summed E-state index contributed by atoms with van der Waals surface area (Å²) in [5.41, 5.74) is 4.59. The van der Waals surface area contributed by atoms with Crippen molar-refractivity contribution >= 4 is 0 Å². The fraction of sp³-hybridized carbons (Fsp3) is 0.647. The predicted octanol–water partition coefficient (Wildman–Crippen LogP) is 4.06. The minimum Gasteiger partial charge on any atom is -0.314 e. The van der Waals surface area contributed by atoms with Crippen molar-refractivity contribution in [2.24, 2.45) is 0 Å². The summed E-state index contributed by atoms with van der Waals surface area (Å²) in [5.74, 6) is 0.633. The van der Waals surface area contributed by atoms with Gasteiger partial charge in [0.2, 0.25) is 0 Å². The Morgan fingerprint density at radius 3 is 2.67 bits per heavy atom. The van der Waals surface area contributed by atoms with Gasteiger partial charge in [-0.1, -0.05) is 45.4 Å². The van der Waals surface area contributed by atoms with Crippen LogP contribution in [0.1, 0.15) is 62.6 Å². The molecule has 1 fully saturated rings. The lowest BCUT2D eigenvalue weighted by atomic mass is 9.90. The highest BCUT2D eigenvalue weighted by Crippen LogP contribution is 2.22. The van der Waals surface area contributed by atoms with Gasteiger partial charge >= 0.3 is 0 Å². The molecule has 1 aliphatic rings. The highest BCUT2D eigenvalue weighted by atomic mass is 14.9. The number of rotatable bonds is 4. The summed E-state index contributed by atoms with van der Waals surface area (Å²) in [6.45, 7) is 8.03. The van der Waals surface area contributed by atoms with Gasteiger partial charge in [-0.3, -0.25) is 0 Å². The second-order valence-electron chi connectivity index (χ2n) is 5.89. The van der Waals surface area contributed by atoms with Crippen molar-refractivity contribution in [2.75, 3.05) is 6.54 Å². The Kier molecular flexibility index (Phi) is 4.82. The van der Waals surface area contributed by atoms with Gasteiger partial charge in [0.25, 0.3) is 0 Å². The first-order chi connectivity index (χ1) is 8.70. The normalized spacial score (nSPS) is 20.3. The average Bonchev–Trinajstić information content (AvgIpc) is 2.39. The van der Waals surface area contributed by atoms with Crippen LogP contribution in [-0.2, 0) is 12.8 Å². The molecule has 1 heteroatoms. The molecule has 0 radical (unpaired) electrons. The van der Waals surface area contributed by atoms with Gasteiger partial charge < -0.3 is 5.32 Å². The van der Waals surface area contributed by atoms with E-state index in [9.17, 15) is 0 Å². The number of aryl methyl sites for hydroxylation is 1. The molecule has 1 N–H and O–H groups in total. The van der Waals surface area contributed by atoms with Crippen molar-refractivity contribution in [3.63, 3.8) is 0 Å². The quantitative estimate of drug-likeness (QED) is 0.843. The van der Waals surface area contributed by atoms with Crippen molar-refractivity contribution in [3.05, 3.63) is 34.9 Å². The smallest absolute Gasteiger partial charge is 0.0108 e. The van der Waals surface area contributed by atoms with Crippen LogP contribution in [0.3, 0.4) is 0 Å². The standard InChI is InChI=1S/C17H27N/c1-4-14-8-9-15(13(2)3)11-16(14)12-17-7-5-6-10-18-17/h8-9,11,13,17-18H,4-7,10,12H2,1-3H3. The van der Waals surface area contributed by atoms with Gasteiger partial charge in [-0.25, -0.2) is 0 Å². The third kappa shape index (κ3) is 3.35. The average molecular weight is 245 g/mol. The van der Waals surface area contributed by atoms with Crippen LogP contribution in [0.2, 0.25) is 0 Å². The molecule has 1 atom stereocenters. The zero-order chi connectivity index (χ0) is 13.0. The van der Waals surface area contributed by atoms with Gasteiger partial charge in [-0.05, 0) is 54.8 Å². The summed E-state index contributed by atoms with van der Waals surface area (Å²) in [4.78, 5) is 0. The summed E-state index contributed by atoms with van der Waals surface area (Å²) >= 11 is 0. The van der Waals surface area contributed by atoms with E-state index in [1.807, 2.05) is 0 Å². The lowest BCUT2D eigenvalue weighted by Gasteiger charge is -2.25. The van der Waals surface area contributed by atoms with E-state index in [-0.39, 0.29) is 0 Å². The highest BCUT2D eigenvalue weighted by Gasteiger charge is 2.15. The summed E-state index contributed by atoms with van der Waals surface area (Å²) in [6.07, 6.45) is 6.45. The molecule has 100 valence electrons. The van der Waals surface area contributed by atoms with Gasteiger partial charge in [0.1, 0.15) is 0 Å². The summed E-state index contributed by atoms with van der Waals surface area (Å²) < 4.78 is 0. The number of benzene rings is 1. The number of hydrogen-bond donors (Lipinski definition) is 1. The van der Waals surface area contributed by atoms with Crippen LogP contribution in [-0.4, -0.2) is 12.6 Å². The van der Waals surface area contributed by atoms with Crippen LogP contribution < -0.4 is 5.32 Å². The van der Waals surface area contributed by atoms with Crippen LogP contribution >= 0.6 is 0 Å². The first kappa shape index (κ1) is 13.6. The van der Waals surface area contributed by atoms with Gasteiger partial charge in [0.05, 0.1) is 0 Å². The van der Waals surface area contributed by atoms with E-state index < -0.39 is 0 Å². The maximum atomic E-state index is 3.67. The first-order valence-electron chi connectivity index (χ1n) is 7.55. The number of nitrogens with one attached hydrogen (secondary N) is 1. The molecule has 1 saturated heterocycles. The van der Waals surface area contributed by atoms with Crippen molar-refractivity contribution in [1.29, 1.82) is 0 Å². The maximum absolute atomic E-state index is 3.67. The van der Waals surface area contributed by atoms with E-state index >= 15 is 0 Å². The topological polar surface area (TPSA) is 12.0 Å². The Morgan fingerprint density at radius 2 is 2.06 bits per heavy atom. The predicted molar refractivity (Wildman–Crippen MR) is 79.3 cm³/mol. The highest BCUT2D eigenvalue weighted by molar-refractivity contribution is 5.34. The third-order valence-corrected chi connectivity index (χ3v) is 4.16. The zero-order valence-electron chi connectivity index (χ0n) is 12.1. The molecule has 1 heterocycles. The third-order valence-electron chi connectivity index (χ3n) is 4.16. The molecule has 1 nitrogen and oxygen atoms in total. The molecule has 1 unspecified atom stereocenters. The van der Waals surface area contributed by atoms with Crippen molar-refractivity contribution < 1.29 is 0 Å². The Labute approximate surface area is 112 Å². The number of hydrogen-bond acceptors (Lipinski definition) is 1. The van der Waals surface area contributed by atoms with Gasteiger partial charge in [0.15, 0.2) is 0 Å².